The Bertz CT molecular complexity index is 194. The molecule has 0 aromatic carbocycles. The van der Waals surface area contributed by atoms with Gasteiger partial charge in [-0.3, -0.25) is 0 Å². The Morgan fingerprint density at radius 3 is 2.50 bits per heavy atom. The maximum absolute atomic E-state index is 5.43. The number of aromatic nitrogens is 1. The summed E-state index contributed by atoms with van der Waals surface area (Å²) in [6.45, 7) is 3.82. The Morgan fingerprint density at radius 2 is 1.92 bits per heavy atom. The van der Waals surface area contributed by atoms with Crippen molar-refractivity contribution >= 4 is 0 Å². The molecule has 0 radical (unpaired) electrons. The Morgan fingerprint density at radius 1 is 1.25 bits per heavy atom. The molecule has 1 rings (SSSR count). The number of hydrogen-bond donors (Lipinski definition) is 1. The smallest absolute Gasteiger partial charge is 0.0347 e. The van der Waals surface area contributed by atoms with Crippen LogP contribution in [-0.2, 0) is 6.54 Å². The monoisotopic (exact) mass is 167 g/mol. The summed E-state index contributed by atoms with van der Waals surface area (Å²) in [5, 5.41) is 0. The fourth-order valence-corrected chi connectivity index (χ4v) is 1.14. The van der Waals surface area contributed by atoms with Gasteiger partial charge in [-0.05, 0) is 19.2 Å². The average Bonchev–Trinajstić information content (AvgIpc) is 2.53. The van der Waals surface area contributed by atoms with Gasteiger partial charge in [0.15, 0.2) is 0 Å². The predicted molar refractivity (Wildman–Crippen MR) is 51.0 cm³/mol. The van der Waals surface area contributed by atoms with Crippen LogP contribution in [0.4, 0.5) is 0 Å². The molecule has 0 atom stereocenters. The molecule has 1 aromatic heterocycles. The van der Waals surface area contributed by atoms with Crippen molar-refractivity contribution in [1.82, 2.24) is 9.47 Å². The molecule has 0 fully saturated rings. The molecule has 68 valence electrons. The normalized spacial score (nSPS) is 10.9. The van der Waals surface area contributed by atoms with Crippen LogP contribution in [0.5, 0.6) is 0 Å². The van der Waals surface area contributed by atoms with Crippen molar-refractivity contribution in [2.45, 2.75) is 6.54 Å². The van der Waals surface area contributed by atoms with Crippen molar-refractivity contribution in [1.29, 1.82) is 0 Å². The third-order valence-corrected chi connectivity index (χ3v) is 1.92. The van der Waals surface area contributed by atoms with Crippen LogP contribution in [-0.4, -0.2) is 36.1 Å². The summed E-state index contributed by atoms with van der Waals surface area (Å²) in [7, 11) is 2.09. The Balaban J connectivity index is 2.17. The van der Waals surface area contributed by atoms with Gasteiger partial charge in [0.1, 0.15) is 0 Å². The lowest BCUT2D eigenvalue weighted by Crippen LogP contribution is -2.28. The average molecular weight is 167 g/mol. The van der Waals surface area contributed by atoms with Crippen molar-refractivity contribution in [2.24, 2.45) is 5.73 Å². The maximum atomic E-state index is 5.43. The van der Waals surface area contributed by atoms with E-state index in [4.69, 9.17) is 5.73 Å². The molecule has 0 unspecified atom stereocenters. The van der Waals surface area contributed by atoms with Crippen LogP contribution in [0, 0.1) is 0 Å². The molecule has 0 saturated heterocycles. The van der Waals surface area contributed by atoms with Crippen molar-refractivity contribution in [3.05, 3.63) is 24.5 Å². The summed E-state index contributed by atoms with van der Waals surface area (Å²) in [5.74, 6) is 0. The zero-order chi connectivity index (χ0) is 8.81. The molecule has 1 aromatic rings. The molecule has 12 heavy (non-hydrogen) atoms. The topological polar surface area (TPSA) is 34.2 Å². The SMILES string of the molecule is CN(CCN)CCn1cccc1. The summed E-state index contributed by atoms with van der Waals surface area (Å²) >= 11 is 0. The highest BCUT2D eigenvalue weighted by molar-refractivity contribution is 4.90. The Hall–Kier alpha value is -0.800. The Labute approximate surface area is 73.8 Å². The molecular formula is C9H17N3. The van der Waals surface area contributed by atoms with Gasteiger partial charge in [0, 0.05) is 38.6 Å². The van der Waals surface area contributed by atoms with E-state index in [1.54, 1.807) is 0 Å². The first-order valence-corrected chi connectivity index (χ1v) is 4.32. The summed E-state index contributed by atoms with van der Waals surface area (Å²) in [5.41, 5.74) is 5.43. The molecule has 0 bridgehead atoms. The van der Waals surface area contributed by atoms with Crippen molar-refractivity contribution in [3.63, 3.8) is 0 Å². The van der Waals surface area contributed by atoms with E-state index in [-0.39, 0.29) is 0 Å². The summed E-state index contributed by atoms with van der Waals surface area (Å²) in [4.78, 5) is 2.24. The second kappa shape index (κ2) is 4.95. The van der Waals surface area contributed by atoms with Gasteiger partial charge in [0.2, 0.25) is 0 Å². The first kappa shape index (κ1) is 9.29. The molecule has 2 N–H and O–H groups in total. The lowest BCUT2D eigenvalue weighted by atomic mass is 10.5. The van der Waals surface area contributed by atoms with E-state index < -0.39 is 0 Å². The van der Waals surface area contributed by atoms with Crippen LogP contribution in [0.2, 0.25) is 0 Å². The van der Waals surface area contributed by atoms with Crippen molar-refractivity contribution in [3.8, 4) is 0 Å². The van der Waals surface area contributed by atoms with Gasteiger partial charge >= 0.3 is 0 Å². The van der Waals surface area contributed by atoms with Crippen LogP contribution in [0.1, 0.15) is 0 Å². The minimum atomic E-state index is 0.738. The van der Waals surface area contributed by atoms with E-state index in [1.165, 1.54) is 0 Å². The highest BCUT2D eigenvalue weighted by atomic mass is 15.1. The van der Waals surface area contributed by atoms with Crippen LogP contribution < -0.4 is 5.73 Å². The van der Waals surface area contributed by atoms with Gasteiger partial charge in [-0.15, -0.1) is 0 Å². The number of likely N-dealkylation sites (N-methyl/N-ethyl adjacent to an activating group) is 1. The number of nitrogens with zero attached hydrogens (tertiary/aromatic N) is 2. The summed E-state index contributed by atoms with van der Waals surface area (Å²) in [6.07, 6.45) is 4.16. The predicted octanol–water partition coefficient (Wildman–Crippen LogP) is 0.379. The zero-order valence-electron chi connectivity index (χ0n) is 7.61. The van der Waals surface area contributed by atoms with Crippen LogP contribution >= 0.6 is 0 Å². The van der Waals surface area contributed by atoms with Gasteiger partial charge in [-0.25, -0.2) is 0 Å². The van der Waals surface area contributed by atoms with Gasteiger partial charge in [-0.2, -0.15) is 0 Å². The fraction of sp³-hybridized carbons (Fsp3) is 0.556. The molecule has 0 aliphatic carbocycles. The molecule has 0 saturated carbocycles. The lowest BCUT2D eigenvalue weighted by molar-refractivity contribution is 0.327. The van der Waals surface area contributed by atoms with Crippen LogP contribution in [0.25, 0.3) is 0 Å². The number of hydrogen-bond acceptors (Lipinski definition) is 2. The first-order chi connectivity index (χ1) is 5.83. The van der Waals surface area contributed by atoms with Gasteiger partial charge < -0.3 is 15.2 Å². The molecule has 0 amide bonds. The minimum absolute atomic E-state index is 0.738. The standard InChI is InChI=1S/C9H17N3/c1-11(7-4-10)8-9-12-5-2-3-6-12/h2-3,5-6H,4,7-10H2,1H3. The van der Waals surface area contributed by atoms with E-state index in [0.29, 0.717) is 0 Å². The molecule has 0 spiro atoms. The van der Waals surface area contributed by atoms with E-state index in [2.05, 4.69) is 28.9 Å². The first-order valence-electron chi connectivity index (χ1n) is 4.32. The molecule has 0 aliphatic rings. The maximum Gasteiger partial charge on any atom is 0.0347 e. The quantitative estimate of drug-likeness (QED) is 0.688. The third-order valence-electron chi connectivity index (χ3n) is 1.92. The number of nitrogens with two attached hydrogens (primary N) is 1. The third kappa shape index (κ3) is 3.07. The van der Waals surface area contributed by atoms with E-state index in [9.17, 15) is 0 Å². The van der Waals surface area contributed by atoms with E-state index >= 15 is 0 Å². The van der Waals surface area contributed by atoms with E-state index in [1.807, 2.05) is 12.1 Å². The van der Waals surface area contributed by atoms with E-state index in [0.717, 1.165) is 26.2 Å². The summed E-state index contributed by atoms with van der Waals surface area (Å²) < 4.78 is 2.17. The zero-order valence-corrected chi connectivity index (χ0v) is 7.61. The van der Waals surface area contributed by atoms with Gasteiger partial charge in [0.05, 0.1) is 0 Å². The highest BCUT2D eigenvalue weighted by Crippen LogP contribution is 1.90. The second-order valence-electron chi connectivity index (χ2n) is 3.01. The van der Waals surface area contributed by atoms with Crippen molar-refractivity contribution in [2.75, 3.05) is 26.7 Å². The Kier molecular flexibility index (Phi) is 3.84. The van der Waals surface area contributed by atoms with Crippen molar-refractivity contribution < 1.29 is 0 Å². The molecule has 0 aliphatic heterocycles. The van der Waals surface area contributed by atoms with Crippen LogP contribution in [0.3, 0.4) is 0 Å². The molecular weight excluding hydrogens is 150 g/mol. The molecule has 3 heteroatoms. The molecule has 1 heterocycles. The van der Waals surface area contributed by atoms with Gasteiger partial charge in [0.25, 0.3) is 0 Å². The highest BCUT2D eigenvalue weighted by Gasteiger charge is 1.95. The number of rotatable bonds is 5. The van der Waals surface area contributed by atoms with Crippen LogP contribution in [0.15, 0.2) is 24.5 Å². The van der Waals surface area contributed by atoms with Gasteiger partial charge in [-0.1, -0.05) is 0 Å². The molecule has 3 nitrogen and oxygen atoms in total. The lowest BCUT2D eigenvalue weighted by Gasteiger charge is -2.15. The fourth-order valence-electron chi connectivity index (χ4n) is 1.14. The largest absolute Gasteiger partial charge is 0.353 e. The minimum Gasteiger partial charge on any atom is -0.353 e. The summed E-state index contributed by atoms with van der Waals surface area (Å²) in [6, 6.07) is 4.09. The second-order valence-corrected chi connectivity index (χ2v) is 3.01.